The quantitative estimate of drug-likeness (QED) is 0.232. The highest BCUT2D eigenvalue weighted by Gasteiger charge is 2.14. The number of aryl methyl sites for hydroxylation is 1. The third-order valence-corrected chi connectivity index (χ3v) is 6.17. The number of nitrogens with one attached hydrogen (secondary N) is 1. The third-order valence-electron chi connectivity index (χ3n) is 4.64. The first-order valence-electron chi connectivity index (χ1n) is 9.74. The summed E-state index contributed by atoms with van der Waals surface area (Å²) in [6.07, 6.45) is 1.76. The zero-order valence-corrected chi connectivity index (χ0v) is 21.7. The van der Waals surface area contributed by atoms with E-state index in [4.69, 9.17) is 21.1 Å². The molecule has 0 spiro atoms. The van der Waals surface area contributed by atoms with Crippen LogP contribution in [0.4, 0.5) is 5.69 Å². The predicted molar refractivity (Wildman–Crippen MR) is 139 cm³/mol. The highest BCUT2D eigenvalue weighted by molar-refractivity contribution is 9.10. The van der Waals surface area contributed by atoms with Crippen molar-refractivity contribution < 1.29 is 14.3 Å². The first kappa shape index (κ1) is 24.8. The van der Waals surface area contributed by atoms with E-state index in [1.54, 1.807) is 30.3 Å². The maximum Gasteiger partial charge on any atom is 0.262 e. The van der Waals surface area contributed by atoms with Crippen LogP contribution in [0.5, 0.6) is 11.5 Å². The van der Waals surface area contributed by atoms with E-state index in [0.717, 1.165) is 21.2 Å². The molecule has 0 aromatic heterocycles. The first-order chi connectivity index (χ1) is 15.8. The number of nitrogens with zero attached hydrogens (tertiary/aromatic N) is 1. The second kappa shape index (κ2) is 11.4. The molecule has 0 aliphatic rings. The largest absolute Gasteiger partial charge is 0.493 e. The number of hydrogen-bond acceptors (Lipinski definition) is 4. The van der Waals surface area contributed by atoms with E-state index in [-0.39, 0.29) is 12.5 Å². The van der Waals surface area contributed by atoms with Crippen molar-refractivity contribution in [1.82, 2.24) is 0 Å². The number of methoxy groups -OCH3 is 1. The molecule has 1 amide bonds. The van der Waals surface area contributed by atoms with Gasteiger partial charge in [-0.15, -0.1) is 0 Å². The minimum Gasteiger partial charge on any atom is -0.493 e. The summed E-state index contributed by atoms with van der Waals surface area (Å²) in [6.45, 7) is 1.66. The van der Waals surface area contributed by atoms with Gasteiger partial charge in [0.2, 0.25) is 0 Å². The molecule has 8 heteroatoms. The number of benzene rings is 3. The molecule has 0 bridgehead atoms. The topological polar surface area (TPSA) is 71.3 Å². The van der Waals surface area contributed by atoms with Gasteiger partial charge in [0.15, 0.2) is 18.1 Å². The Labute approximate surface area is 214 Å². The number of anilines is 1. The second-order valence-corrected chi connectivity index (χ2v) is 9.19. The Balaban J connectivity index is 1.77. The fraction of sp³-hybridized carbons (Fsp3) is 0.120. The molecule has 5 nitrogen and oxygen atoms in total. The summed E-state index contributed by atoms with van der Waals surface area (Å²) in [5.74, 6) is 0.471. The fourth-order valence-electron chi connectivity index (χ4n) is 2.94. The Hall–Kier alpha value is -2.79. The molecule has 0 unspecified atom stereocenters. The normalized spacial score (nSPS) is 11.0. The number of amides is 1. The van der Waals surface area contributed by atoms with Crippen LogP contribution in [-0.2, 0) is 4.79 Å². The Morgan fingerprint density at radius 3 is 2.52 bits per heavy atom. The maximum absolute atomic E-state index is 12.3. The predicted octanol–water partition coefficient (Wildman–Crippen LogP) is 7.26. The monoisotopic (exact) mass is 588 g/mol. The van der Waals surface area contributed by atoms with Crippen LogP contribution in [0.15, 0.2) is 63.5 Å². The van der Waals surface area contributed by atoms with Crippen molar-refractivity contribution in [2.45, 2.75) is 6.92 Å². The zero-order chi connectivity index (χ0) is 24.0. The summed E-state index contributed by atoms with van der Waals surface area (Å²) in [6, 6.07) is 18.5. The standard InChI is InChI=1S/C25H19Br2ClN2O3/c1-15-3-8-20(12-22(15)28)30-24(31)14-33-25-21(27)10-16(11-23(25)32-2)9-18(13-29)17-4-6-19(26)7-5-17/h3-12H,14H2,1-2H3,(H,30,31)/b18-9+. The summed E-state index contributed by atoms with van der Waals surface area (Å²) in [7, 11) is 1.51. The fourth-order valence-corrected chi connectivity index (χ4v) is 3.96. The Kier molecular flexibility index (Phi) is 8.56. The number of carbonyl (C=O) groups excluding carboxylic acids is 1. The number of hydrogen-bond donors (Lipinski definition) is 1. The lowest BCUT2D eigenvalue weighted by Crippen LogP contribution is -2.20. The number of carbonyl (C=O) groups is 1. The van der Waals surface area contributed by atoms with Crippen molar-refractivity contribution in [1.29, 1.82) is 5.26 Å². The van der Waals surface area contributed by atoms with Crippen molar-refractivity contribution >= 4 is 66.7 Å². The highest BCUT2D eigenvalue weighted by atomic mass is 79.9. The second-order valence-electron chi connectivity index (χ2n) is 7.01. The summed E-state index contributed by atoms with van der Waals surface area (Å²) in [5.41, 5.74) is 3.55. The zero-order valence-electron chi connectivity index (χ0n) is 17.8. The van der Waals surface area contributed by atoms with Crippen molar-refractivity contribution in [3.05, 3.63) is 85.3 Å². The maximum atomic E-state index is 12.3. The van der Waals surface area contributed by atoms with Gasteiger partial charge in [-0.1, -0.05) is 45.7 Å². The van der Waals surface area contributed by atoms with Crippen LogP contribution in [0, 0.1) is 18.3 Å². The van der Waals surface area contributed by atoms with E-state index in [9.17, 15) is 10.1 Å². The van der Waals surface area contributed by atoms with Gasteiger partial charge in [-0.05, 0) is 82.0 Å². The number of halogens is 3. The average Bonchev–Trinajstić information content (AvgIpc) is 2.79. The number of rotatable bonds is 7. The molecule has 0 atom stereocenters. The molecule has 0 saturated carbocycles. The van der Waals surface area contributed by atoms with Crippen LogP contribution in [0.1, 0.15) is 16.7 Å². The van der Waals surface area contributed by atoms with E-state index in [0.29, 0.717) is 32.3 Å². The van der Waals surface area contributed by atoms with E-state index in [2.05, 4.69) is 43.2 Å². The molecular formula is C25H19Br2ClN2O3. The Bertz CT molecular complexity index is 1250. The molecular weight excluding hydrogens is 572 g/mol. The van der Waals surface area contributed by atoms with E-state index >= 15 is 0 Å². The van der Waals surface area contributed by atoms with Crippen LogP contribution < -0.4 is 14.8 Å². The van der Waals surface area contributed by atoms with Crippen molar-refractivity contribution in [3.63, 3.8) is 0 Å². The Morgan fingerprint density at radius 1 is 1.15 bits per heavy atom. The molecule has 0 saturated heterocycles. The summed E-state index contributed by atoms with van der Waals surface area (Å²) >= 11 is 13.0. The molecule has 3 aromatic rings. The first-order valence-corrected chi connectivity index (χ1v) is 11.7. The molecule has 0 radical (unpaired) electrons. The number of nitriles is 1. The average molecular weight is 591 g/mol. The lowest BCUT2D eigenvalue weighted by Gasteiger charge is -2.14. The summed E-state index contributed by atoms with van der Waals surface area (Å²) < 4.78 is 12.7. The minimum atomic E-state index is -0.338. The van der Waals surface area contributed by atoms with Crippen molar-refractivity contribution in [2.75, 3.05) is 19.0 Å². The van der Waals surface area contributed by atoms with Crippen LogP contribution in [0.3, 0.4) is 0 Å². The molecule has 1 N–H and O–H groups in total. The van der Waals surface area contributed by atoms with Crippen LogP contribution >= 0.6 is 43.5 Å². The highest BCUT2D eigenvalue weighted by Crippen LogP contribution is 2.37. The van der Waals surface area contributed by atoms with Crippen LogP contribution in [0.2, 0.25) is 5.02 Å². The molecule has 0 heterocycles. The SMILES string of the molecule is COc1cc(/C=C(\C#N)c2ccc(Br)cc2)cc(Br)c1OCC(=O)Nc1ccc(C)c(Cl)c1. The van der Waals surface area contributed by atoms with Gasteiger partial charge in [-0.3, -0.25) is 4.79 Å². The lowest BCUT2D eigenvalue weighted by molar-refractivity contribution is -0.118. The third kappa shape index (κ3) is 6.61. The molecule has 33 heavy (non-hydrogen) atoms. The molecule has 3 rings (SSSR count). The molecule has 3 aromatic carbocycles. The molecule has 0 aliphatic carbocycles. The number of allylic oxidation sites excluding steroid dienone is 1. The van der Waals surface area contributed by atoms with Gasteiger partial charge < -0.3 is 14.8 Å². The van der Waals surface area contributed by atoms with Crippen LogP contribution in [0.25, 0.3) is 11.6 Å². The van der Waals surface area contributed by atoms with Crippen molar-refractivity contribution in [3.8, 4) is 17.6 Å². The lowest BCUT2D eigenvalue weighted by atomic mass is 10.0. The van der Waals surface area contributed by atoms with Gasteiger partial charge in [0.25, 0.3) is 5.91 Å². The minimum absolute atomic E-state index is 0.224. The van der Waals surface area contributed by atoms with Gasteiger partial charge in [0.05, 0.1) is 23.2 Å². The summed E-state index contributed by atoms with van der Waals surface area (Å²) in [4.78, 5) is 12.3. The molecule has 0 aliphatic heterocycles. The molecule has 0 fully saturated rings. The van der Waals surface area contributed by atoms with Crippen molar-refractivity contribution in [2.24, 2.45) is 0 Å². The van der Waals surface area contributed by atoms with Crippen LogP contribution in [-0.4, -0.2) is 19.6 Å². The summed E-state index contributed by atoms with van der Waals surface area (Å²) in [5, 5.41) is 12.9. The van der Waals surface area contributed by atoms with Gasteiger partial charge >= 0.3 is 0 Å². The van der Waals surface area contributed by atoms with Gasteiger partial charge in [-0.2, -0.15) is 5.26 Å². The van der Waals surface area contributed by atoms with Gasteiger partial charge in [0.1, 0.15) is 0 Å². The van der Waals surface area contributed by atoms with Gasteiger partial charge in [-0.25, -0.2) is 0 Å². The van der Waals surface area contributed by atoms with E-state index < -0.39 is 0 Å². The Morgan fingerprint density at radius 2 is 1.88 bits per heavy atom. The molecule has 168 valence electrons. The van der Waals surface area contributed by atoms with E-state index in [1.807, 2.05) is 37.3 Å². The smallest absolute Gasteiger partial charge is 0.262 e. The number of ether oxygens (including phenoxy) is 2. The van der Waals surface area contributed by atoms with Gasteiger partial charge in [0, 0.05) is 15.2 Å². The van der Waals surface area contributed by atoms with E-state index in [1.165, 1.54) is 7.11 Å².